The van der Waals surface area contributed by atoms with Crippen LogP contribution < -0.4 is 0 Å². The van der Waals surface area contributed by atoms with E-state index in [4.69, 9.17) is 14.2 Å². The number of carbonyl (C=O) groups is 3. The highest BCUT2D eigenvalue weighted by Gasteiger charge is 2.19. The van der Waals surface area contributed by atoms with Crippen LogP contribution in [0.25, 0.3) is 0 Å². The average molecular weight is 791 g/mol. The molecule has 0 amide bonds. The van der Waals surface area contributed by atoms with Crippen LogP contribution in [0, 0.1) is 0 Å². The van der Waals surface area contributed by atoms with Crippen LogP contribution in [0.3, 0.4) is 0 Å². The predicted octanol–water partition coefficient (Wildman–Crippen LogP) is 15.8. The smallest absolute Gasteiger partial charge is 0.306 e. The van der Waals surface area contributed by atoms with Crippen molar-refractivity contribution < 1.29 is 28.6 Å². The monoisotopic (exact) mass is 791 g/mol. The molecule has 6 heteroatoms. The molecule has 0 fully saturated rings. The minimum Gasteiger partial charge on any atom is -0.462 e. The number of hydrogen-bond donors (Lipinski definition) is 0. The quantitative estimate of drug-likeness (QED) is 0.0264. The molecule has 0 rings (SSSR count). The fraction of sp³-hybridized carbons (Fsp3) is 0.900. The summed E-state index contributed by atoms with van der Waals surface area (Å²) in [6.45, 7) is 6.58. The zero-order valence-corrected chi connectivity index (χ0v) is 37.7. The van der Waals surface area contributed by atoms with Gasteiger partial charge >= 0.3 is 17.9 Å². The second-order valence-corrected chi connectivity index (χ2v) is 16.7. The second kappa shape index (κ2) is 45.8. The third-order valence-corrected chi connectivity index (χ3v) is 11.0. The van der Waals surface area contributed by atoms with Gasteiger partial charge in [-0.25, -0.2) is 0 Å². The Morgan fingerprint density at radius 1 is 0.339 bits per heavy atom. The number of rotatable bonds is 45. The second-order valence-electron chi connectivity index (χ2n) is 16.7. The molecule has 0 aliphatic carbocycles. The van der Waals surface area contributed by atoms with Crippen molar-refractivity contribution in [1.82, 2.24) is 0 Å². The van der Waals surface area contributed by atoms with E-state index in [9.17, 15) is 14.4 Å². The first kappa shape index (κ1) is 54.2. The maximum Gasteiger partial charge on any atom is 0.306 e. The highest BCUT2D eigenvalue weighted by Crippen LogP contribution is 2.16. The minimum atomic E-state index is -0.765. The Morgan fingerprint density at radius 3 is 0.964 bits per heavy atom. The molecule has 0 bridgehead atoms. The Bertz CT molecular complexity index is 870. The number of esters is 3. The third kappa shape index (κ3) is 43.3. The van der Waals surface area contributed by atoms with E-state index < -0.39 is 6.10 Å². The van der Waals surface area contributed by atoms with Crippen molar-refractivity contribution in [3.63, 3.8) is 0 Å². The number of ether oxygens (including phenoxy) is 3. The Balaban J connectivity index is 4.19. The zero-order chi connectivity index (χ0) is 40.8. The maximum atomic E-state index is 12.7. The Labute approximate surface area is 348 Å². The Kier molecular flexibility index (Phi) is 44.3. The van der Waals surface area contributed by atoms with Gasteiger partial charge in [0.25, 0.3) is 0 Å². The summed E-state index contributed by atoms with van der Waals surface area (Å²) < 4.78 is 16.7. The van der Waals surface area contributed by atoms with Crippen molar-refractivity contribution in [3.05, 3.63) is 12.2 Å². The van der Waals surface area contributed by atoms with Gasteiger partial charge in [-0.15, -0.1) is 0 Å². The van der Waals surface area contributed by atoms with Crippen LogP contribution in [-0.4, -0.2) is 37.2 Å². The number of carbonyl (C=O) groups excluding carboxylic acids is 3. The normalized spacial score (nSPS) is 12.0. The SMILES string of the molecule is CCC/C=C\CCCCCCCC(=O)OC(COC(=O)CCCCCCCCCCC)COC(=O)CCCCCCCCCCCCCCCCCCCCC. The lowest BCUT2D eigenvalue weighted by atomic mass is 10.0. The lowest BCUT2D eigenvalue weighted by Gasteiger charge is -2.18. The molecule has 0 heterocycles. The van der Waals surface area contributed by atoms with Crippen LogP contribution in [0.1, 0.15) is 271 Å². The lowest BCUT2D eigenvalue weighted by Crippen LogP contribution is -2.30. The Morgan fingerprint density at radius 2 is 0.625 bits per heavy atom. The van der Waals surface area contributed by atoms with E-state index in [0.717, 1.165) is 70.6 Å². The van der Waals surface area contributed by atoms with Gasteiger partial charge in [0.05, 0.1) is 0 Å². The van der Waals surface area contributed by atoms with Crippen LogP contribution in [0.15, 0.2) is 12.2 Å². The highest BCUT2D eigenvalue weighted by molar-refractivity contribution is 5.71. The lowest BCUT2D eigenvalue weighted by molar-refractivity contribution is -0.167. The van der Waals surface area contributed by atoms with E-state index in [0.29, 0.717) is 19.3 Å². The molecule has 0 aromatic heterocycles. The topological polar surface area (TPSA) is 78.9 Å². The van der Waals surface area contributed by atoms with Gasteiger partial charge in [0.15, 0.2) is 6.10 Å². The summed E-state index contributed by atoms with van der Waals surface area (Å²) in [7, 11) is 0. The fourth-order valence-corrected chi connectivity index (χ4v) is 7.27. The number of hydrogen-bond acceptors (Lipinski definition) is 6. The van der Waals surface area contributed by atoms with Crippen molar-refractivity contribution in [2.75, 3.05) is 13.2 Å². The van der Waals surface area contributed by atoms with Crippen LogP contribution in [0.2, 0.25) is 0 Å². The van der Waals surface area contributed by atoms with Crippen LogP contribution in [0.5, 0.6) is 0 Å². The molecular formula is C50H94O6. The van der Waals surface area contributed by atoms with Gasteiger partial charge < -0.3 is 14.2 Å². The maximum absolute atomic E-state index is 12.7. The molecule has 0 saturated carbocycles. The van der Waals surface area contributed by atoms with E-state index in [1.165, 1.54) is 161 Å². The predicted molar refractivity (Wildman–Crippen MR) is 238 cm³/mol. The van der Waals surface area contributed by atoms with Gasteiger partial charge in [0, 0.05) is 19.3 Å². The molecule has 0 radical (unpaired) electrons. The molecule has 0 saturated heterocycles. The zero-order valence-electron chi connectivity index (χ0n) is 37.7. The first-order chi connectivity index (χ1) is 27.5. The summed E-state index contributed by atoms with van der Waals surface area (Å²) >= 11 is 0. The molecule has 0 aromatic carbocycles. The van der Waals surface area contributed by atoms with E-state index in [2.05, 4.69) is 32.9 Å². The van der Waals surface area contributed by atoms with Gasteiger partial charge in [-0.2, -0.15) is 0 Å². The van der Waals surface area contributed by atoms with E-state index >= 15 is 0 Å². The summed E-state index contributed by atoms with van der Waals surface area (Å²) in [6.07, 6.45) is 49.2. The fourth-order valence-electron chi connectivity index (χ4n) is 7.27. The van der Waals surface area contributed by atoms with Gasteiger partial charge in [-0.1, -0.05) is 226 Å². The first-order valence-electron chi connectivity index (χ1n) is 24.7. The van der Waals surface area contributed by atoms with Crippen LogP contribution in [0.4, 0.5) is 0 Å². The third-order valence-electron chi connectivity index (χ3n) is 11.0. The van der Waals surface area contributed by atoms with Crippen molar-refractivity contribution in [2.45, 2.75) is 277 Å². The molecule has 1 atom stereocenters. The standard InChI is InChI=1S/C50H94O6/c1-4-7-10-13-16-19-21-22-23-24-25-26-27-28-29-32-34-37-40-43-49(52)55-46-47(45-54-48(51)42-39-36-33-30-18-15-12-9-6-3)56-50(53)44-41-38-35-31-20-17-14-11-8-5-2/h11,14,47H,4-10,12-13,15-46H2,1-3H3/b14-11-. The van der Waals surface area contributed by atoms with Crippen molar-refractivity contribution in [2.24, 2.45) is 0 Å². The summed E-state index contributed by atoms with van der Waals surface area (Å²) in [5.74, 6) is -0.870. The molecule has 0 aromatic rings. The van der Waals surface area contributed by atoms with Gasteiger partial charge in [-0.3, -0.25) is 14.4 Å². The minimum absolute atomic E-state index is 0.0689. The summed E-state index contributed by atoms with van der Waals surface area (Å²) in [5, 5.41) is 0. The first-order valence-corrected chi connectivity index (χ1v) is 24.7. The largest absolute Gasteiger partial charge is 0.462 e. The highest BCUT2D eigenvalue weighted by atomic mass is 16.6. The van der Waals surface area contributed by atoms with E-state index in [1.54, 1.807) is 0 Å². The molecule has 330 valence electrons. The molecule has 1 unspecified atom stereocenters. The Hall–Kier alpha value is -1.85. The van der Waals surface area contributed by atoms with Crippen LogP contribution >= 0.6 is 0 Å². The number of unbranched alkanes of at least 4 members (excludes halogenated alkanes) is 32. The molecular weight excluding hydrogens is 697 g/mol. The van der Waals surface area contributed by atoms with Gasteiger partial charge in [0.1, 0.15) is 13.2 Å². The molecule has 0 aliphatic heterocycles. The number of allylic oxidation sites excluding steroid dienone is 2. The molecule has 6 nitrogen and oxygen atoms in total. The van der Waals surface area contributed by atoms with Gasteiger partial charge in [-0.05, 0) is 38.5 Å². The van der Waals surface area contributed by atoms with E-state index in [-0.39, 0.29) is 31.1 Å². The van der Waals surface area contributed by atoms with Crippen molar-refractivity contribution in [3.8, 4) is 0 Å². The van der Waals surface area contributed by atoms with Gasteiger partial charge in [0.2, 0.25) is 0 Å². The molecule has 0 N–H and O–H groups in total. The summed E-state index contributed by atoms with van der Waals surface area (Å²) in [5.41, 5.74) is 0. The average Bonchev–Trinajstić information content (AvgIpc) is 3.19. The molecule has 0 spiro atoms. The van der Waals surface area contributed by atoms with Crippen molar-refractivity contribution in [1.29, 1.82) is 0 Å². The molecule has 0 aliphatic rings. The van der Waals surface area contributed by atoms with E-state index in [1.807, 2.05) is 0 Å². The van der Waals surface area contributed by atoms with Crippen molar-refractivity contribution >= 4 is 17.9 Å². The summed E-state index contributed by atoms with van der Waals surface area (Å²) in [6, 6.07) is 0. The summed E-state index contributed by atoms with van der Waals surface area (Å²) in [4.78, 5) is 37.7. The molecule has 56 heavy (non-hydrogen) atoms. The van der Waals surface area contributed by atoms with Crippen LogP contribution in [-0.2, 0) is 28.6 Å².